The second kappa shape index (κ2) is 5.51. The molecule has 0 saturated heterocycles. The molecule has 0 aliphatic carbocycles. The number of nitrogens with one attached hydrogen (secondary N) is 1. The van der Waals surface area contributed by atoms with Crippen molar-refractivity contribution in [2.75, 3.05) is 5.32 Å². The molecule has 1 aromatic heterocycles. The van der Waals surface area contributed by atoms with E-state index in [-0.39, 0.29) is 16.7 Å². The van der Waals surface area contributed by atoms with E-state index in [1.54, 1.807) is 29.1 Å². The summed E-state index contributed by atoms with van der Waals surface area (Å²) in [6.07, 6.45) is 3.60. The average molecular weight is 260 g/mol. The lowest BCUT2D eigenvalue weighted by Gasteiger charge is -2.14. The van der Waals surface area contributed by atoms with Gasteiger partial charge >= 0.3 is 0 Å². The van der Waals surface area contributed by atoms with Crippen LogP contribution in [-0.4, -0.2) is 14.7 Å². The Kier molecular flexibility index (Phi) is 3.79. The number of nitrogens with zero attached hydrogens (tertiary/aromatic N) is 3. The van der Waals surface area contributed by atoms with Crippen LogP contribution in [0.5, 0.6) is 0 Å². The van der Waals surface area contributed by atoms with Crippen molar-refractivity contribution in [3.63, 3.8) is 0 Å². The van der Waals surface area contributed by atoms with Gasteiger partial charge in [0.2, 0.25) is 0 Å². The van der Waals surface area contributed by atoms with Crippen LogP contribution in [0.15, 0.2) is 36.7 Å². The minimum absolute atomic E-state index is 0.130. The maximum Gasteiger partial charge on any atom is 0.274 e. The van der Waals surface area contributed by atoms with E-state index in [4.69, 9.17) is 0 Å². The molecule has 0 bridgehead atoms. The maximum absolute atomic E-state index is 11.0. The van der Waals surface area contributed by atoms with Gasteiger partial charge in [-0.1, -0.05) is 18.2 Å². The first-order chi connectivity index (χ1) is 9.11. The van der Waals surface area contributed by atoms with Gasteiger partial charge in [0.25, 0.3) is 5.69 Å². The highest BCUT2D eigenvalue weighted by Crippen LogP contribution is 2.27. The molecule has 6 nitrogen and oxygen atoms in total. The molecule has 0 spiro atoms. The minimum atomic E-state index is -0.358. The number of hydrogen-bond acceptors (Lipinski definition) is 4. The smallest absolute Gasteiger partial charge is 0.274 e. The van der Waals surface area contributed by atoms with Crippen molar-refractivity contribution in [3.8, 4) is 0 Å². The maximum atomic E-state index is 11.0. The van der Waals surface area contributed by atoms with Crippen LogP contribution in [0.4, 0.5) is 11.4 Å². The first-order valence-electron chi connectivity index (χ1n) is 6.14. The van der Waals surface area contributed by atoms with Crippen molar-refractivity contribution in [2.45, 2.75) is 26.4 Å². The standard InChI is InChI=1S/C13H16N4O2/c1-3-16-9-11(8-14-16)15-10(2)12-6-4-5-7-13(12)17(18)19/h4-10,15H,3H2,1-2H3. The molecule has 1 N–H and O–H groups in total. The lowest BCUT2D eigenvalue weighted by molar-refractivity contribution is -0.385. The zero-order valence-corrected chi connectivity index (χ0v) is 10.9. The Hall–Kier alpha value is -2.37. The van der Waals surface area contributed by atoms with Crippen LogP contribution in [0.25, 0.3) is 0 Å². The zero-order valence-electron chi connectivity index (χ0n) is 10.9. The van der Waals surface area contributed by atoms with Crippen molar-refractivity contribution in [1.29, 1.82) is 0 Å². The summed E-state index contributed by atoms with van der Waals surface area (Å²) >= 11 is 0. The molecule has 0 aliphatic heterocycles. The summed E-state index contributed by atoms with van der Waals surface area (Å²) < 4.78 is 1.80. The molecule has 2 aromatic rings. The Balaban J connectivity index is 2.20. The summed E-state index contributed by atoms with van der Waals surface area (Å²) in [5, 5.41) is 18.4. The van der Waals surface area contributed by atoms with Gasteiger partial charge in [-0.2, -0.15) is 5.10 Å². The quantitative estimate of drug-likeness (QED) is 0.662. The number of hydrogen-bond donors (Lipinski definition) is 1. The molecule has 100 valence electrons. The predicted octanol–water partition coefficient (Wildman–Crippen LogP) is 2.98. The van der Waals surface area contributed by atoms with Gasteiger partial charge in [0.05, 0.1) is 28.4 Å². The fourth-order valence-electron chi connectivity index (χ4n) is 1.96. The summed E-state index contributed by atoms with van der Waals surface area (Å²) in [5.74, 6) is 0. The minimum Gasteiger partial charge on any atom is -0.376 e. The second-order valence-corrected chi connectivity index (χ2v) is 4.27. The molecule has 1 atom stereocenters. The van der Waals surface area contributed by atoms with Gasteiger partial charge in [0.1, 0.15) is 0 Å². The van der Waals surface area contributed by atoms with Crippen LogP contribution in [0, 0.1) is 10.1 Å². The largest absolute Gasteiger partial charge is 0.376 e. The predicted molar refractivity (Wildman–Crippen MR) is 73.0 cm³/mol. The van der Waals surface area contributed by atoms with E-state index in [2.05, 4.69) is 10.4 Å². The van der Waals surface area contributed by atoms with Crippen molar-refractivity contribution >= 4 is 11.4 Å². The Morgan fingerprint density at radius 3 is 2.84 bits per heavy atom. The lowest BCUT2D eigenvalue weighted by atomic mass is 10.1. The number of anilines is 1. The van der Waals surface area contributed by atoms with Crippen molar-refractivity contribution in [2.24, 2.45) is 0 Å². The molecule has 0 saturated carbocycles. The lowest BCUT2D eigenvalue weighted by Crippen LogP contribution is -2.08. The molecule has 0 aliphatic rings. The number of benzene rings is 1. The number of para-hydroxylation sites is 1. The van der Waals surface area contributed by atoms with Gasteiger partial charge in [0, 0.05) is 18.8 Å². The normalized spacial score (nSPS) is 12.1. The van der Waals surface area contributed by atoms with E-state index in [1.807, 2.05) is 20.0 Å². The Morgan fingerprint density at radius 2 is 2.21 bits per heavy atom. The first kappa shape index (κ1) is 13.1. The molecule has 1 heterocycles. The third kappa shape index (κ3) is 2.90. The molecule has 0 fully saturated rings. The Labute approximate surface area is 111 Å². The Bertz CT molecular complexity index is 580. The van der Waals surface area contributed by atoms with Gasteiger partial charge in [0.15, 0.2) is 0 Å². The number of aromatic nitrogens is 2. The fraction of sp³-hybridized carbons (Fsp3) is 0.308. The van der Waals surface area contributed by atoms with Crippen LogP contribution in [0.2, 0.25) is 0 Å². The molecule has 0 amide bonds. The highest BCUT2D eigenvalue weighted by Gasteiger charge is 2.18. The van der Waals surface area contributed by atoms with E-state index in [0.717, 1.165) is 12.2 Å². The highest BCUT2D eigenvalue weighted by atomic mass is 16.6. The molecule has 6 heteroatoms. The number of rotatable bonds is 5. The van der Waals surface area contributed by atoms with Crippen LogP contribution in [0.1, 0.15) is 25.5 Å². The fourth-order valence-corrected chi connectivity index (χ4v) is 1.96. The molecule has 0 radical (unpaired) electrons. The number of aryl methyl sites for hydroxylation is 1. The second-order valence-electron chi connectivity index (χ2n) is 4.27. The molecule has 1 unspecified atom stereocenters. The van der Waals surface area contributed by atoms with Gasteiger partial charge in [-0.15, -0.1) is 0 Å². The van der Waals surface area contributed by atoms with E-state index < -0.39 is 0 Å². The van der Waals surface area contributed by atoms with Gasteiger partial charge in [-0.3, -0.25) is 14.8 Å². The van der Waals surface area contributed by atoms with Crippen molar-refractivity contribution in [1.82, 2.24) is 9.78 Å². The van der Waals surface area contributed by atoms with Crippen LogP contribution in [0.3, 0.4) is 0 Å². The third-order valence-corrected chi connectivity index (χ3v) is 2.94. The van der Waals surface area contributed by atoms with Gasteiger partial charge in [-0.25, -0.2) is 0 Å². The third-order valence-electron chi connectivity index (χ3n) is 2.94. The molecule has 19 heavy (non-hydrogen) atoms. The van der Waals surface area contributed by atoms with E-state index in [0.29, 0.717) is 5.56 Å². The molecule has 2 rings (SSSR count). The molecular formula is C13H16N4O2. The summed E-state index contributed by atoms with van der Waals surface area (Å²) in [5.41, 5.74) is 1.65. The van der Waals surface area contributed by atoms with E-state index in [9.17, 15) is 10.1 Å². The molecular weight excluding hydrogens is 244 g/mol. The monoisotopic (exact) mass is 260 g/mol. The number of nitro benzene ring substituents is 1. The first-order valence-corrected chi connectivity index (χ1v) is 6.14. The van der Waals surface area contributed by atoms with Crippen LogP contribution >= 0.6 is 0 Å². The Morgan fingerprint density at radius 1 is 1.47 bits per heavy atom. The summed E-state index contributed by atoms with van der Waals surface area (Å²) in [6.45, 7) is 4.69. The highest BCUT2D eigenvalue weighted by molar-refractivity contribution is 5.47. The van der Waals surface area contributed by atoms with E-state index in [1.165, 1.54) is 6.07 Å². The zero-order chi connectivity index (χ0) is 13.8. The number of nitro groups is 1. The van der Waals surface area contributed by atoms with E-state index >= 15 is 0 Å². The van der Waals surface area contributed by atoms with Crippen molar-refractivity contribution in [3.05, 3.63) is 52.3 Å². The van der Waals surface area contributed by atoms with Gasteiger partial charge < -0.3 is 5.32 Å². The SMILES string of the molecule is CCn1cc(NC(C)c2ccccc2[N+](=O)[O-])cn1. The van der Waals surface area contributed by atoms with Gasteiger partial charge in [-0.05, 0) is 13.8 Å². The topological polar surface area (TPSA) is 73.0 Å². The van der Waals surface area contributed by atoms with Crippen molar-refractivity contribution < 1.29 is 4.92 Å². The summed E-state index contributed by atoms with van der Waals surface area (Å²) in [4.78, 5) is 10.6. The van der Waals surface area contributed by atoms with Crippen LogP contribution < -0.4 is 5.32 Å². The summed E-state index contributed by atoms with van der Waals surface area (Å²) in [7, 11) is 0. The van der Waals surface area contributed by atoms with Crippen LogP contribution in [-0.2, 0) is 6.54 Å². The average Bonchev–Trinajstić information content (AvgIpc) is 2.86. The molecule has 1 aromatic carbocycles. The summed E-state index contributed by atoms with van der Waals surface area (Å²) in [6, 6.07) is 6.60.